The molecule has 0 N–H and O–H groups in total. The molecule has 0 saturated carbocycles. The van der Waals surface area contributed by atoms with Gasteiger partial charge >= 0.3 is 5.97 Å². The third kappa shape index (κ3) is 5.01. The van der Waals surface area contributed by atoms with Gasteiger partial charge in [0.05, 0.1) is 6.42 Å². The summed E-state index contributed by atoms with van der Waals surface area (Å²) in [6.07, 6.45) is -0.689. The first-order valence-electron chi connectivity index (χ1n) is 8.40. The fourth-order valence-electron chi connectivity index (χ4n) is 2.40. The Bertz CT molecular complexity index is 923. The number of hydrogen-bond acceptors (Lipinski definition) is 6. The van der Waals surface area contributed by atoms with Crippen molar-refractivity contribution in [1.29, 1.82) is 0 Å². The smallest absolute Gasteiger partial charge is 0.307 e. The van der Waals surface area contributed by atoms with E-state index in [1.807, 2.05) is 30.3 Å². The van der Waals surface area contributed by atoms with Crippen molar-refractivity contribution in [3.8, 4) is 11.5 Å². The monoisotopic (exact) mass is 384 g/mol. The molecule has 1 atom stereocenters. The molecule has 1 heterocycles. The summed E-state index contributed by atoms with van der Waals surface area (Å²) < 4.78 is 10.8. The molecule has 0 unspecified atom stereocenters. The van der Waals surface area contributed by atoms with Crippen molar-refractivity contribution < 1.29 is 18.7 Å². The van der Waals surface area contributed by atoms with E-state index in [1.165, 1.54) is 0 Å². The van der Waals surface area contributed by atoms with Gasteiger partial charge in [-0.2, -0.15) is 0 Å². The Morgan fingerprint density at radius 1 is 1.04 bits per heavy atom. The molecular weight excluding hydrogens is 368 g/mol. The van der Waals surface area contributed by atoms with Crippen LogP contribution in [-0.2, 0) is 9.53 Å². The topological polar surface area (TPSA) is 82.3 Å². The first-order valence-corrected chi connectivity index (χ1v) is 8.78. The van der Waals surface area contributed by atoms with Crippen LogP contribution < -0.4 is 0 Å². The van der Waals surface area contributed by atoms with E-state index >= 15 is 0 Å². The van der Waals surface area contributed by atoms with Gasteiger partial charge < -0.3 is 9.15 Å². The summed E-state index contributed by atoms with van der Waals surface area (Å²) in [6.45, 7) is 1.64. The highest BCUT2D eigenvalue weighted by atomic mass is 35.5. The molecule has 1 aromatic heterocycles. The van der Waals surface area contributed by atoms with Crippen LogP contribution in [0.25, 0.3) is 11.5 Å². The maximum Gasteiger partial charge on any atom is 0.307 e. The zero-order valence-corrected chi connectivity index (χ0v) is 15.3. The molecule has 0 fully saturated rings. The first kappa shape index (κ1) is 18.8. The number of aromatic nitrogens is 2. The molecule has 0 radical (unpaired) electrons. The van der Waals surface area contributed by atoms with E-state index in [0.717, 1.165) is 5.56 Å². The molecule has 0 aliphatic carbocycles. The molecule has 27 heavy (non-hydrogen) atoms. The molecule has 6 nitrogen and oxygen atoms in total. The maximum atomic E-state index is 12.1. The Labute approximate surface area is 161 Å². The third-order valence-corrected chi connectivity index (χ3v) is 4.09. The number of esters is 1. The van der Waals surface area contributed by atoms with E-state index in [-0.39, 0.29) is 24.5 Å². The van der Waals surface area contributed by atoms with Gasteiger partial charge in [0.2, 0.25) is 5.89 Å². The van der Waals surface area contributed by atoms with Gasteiger partial charge in [-0.15, -0.1) is 10.2 Å². The van der Waals surface area contributed by atoms with E-state index in [1.54, 1.807) is 31.2 Å². The van der Waals surface area contributed by atoms with Crippen LogP contribution in [0.15, 0.2) is 59.0 Å². The van der Waals surface area contributed by atoms with E-state index < -0.39 is 12.1 Å². The minimum atomic E-state index is -0.701. The second-order valence-corrected chi connectivity index (χ2v) is 6.31. The quantitative estimate of drug-likeness (QED) is 0.435. The van der Waals surface area contributed by atoms with Crippen molar-refractivity contribution in [2.24, 2.45) is 0 Å². The van der Waals surface area contributed by atoms with Gasteiger partial charge in [0.25, 0.3) is 5.89 Å². The number of hydrogen-bond donors (Lipinski definition) is 0. The molecule has 0 aliphatic heterocycles. The van der Waals surface area contributed by atoms with Gasteiger partial charge in [0, 0.05) is 22.6 Å². The number of carbonyl (C=O) groups is 2. The molecule has 3 aromatic rings. The van der Waals surface area contributed by atoms with E-state index in [2.05, 4.69) is 10.2 Å². The minimum Gasteiger partial charge on any atom is -0.453 e. The van der Waals surface area contributed by atoms with Crippen molar-refractivity contribution in [2.75, 3.05) is 0 Å². The van der Waals surface area contributed by atoms with Crippen LogP contribution in [0.4, 0.5) is 0 Å². The fourth-order valence-corrected chi connectivity index (χ4v) is 2.52. The number of halogens is 1. The molecule has 2 aromatic carbocycles. The highest BCUT2D eigenvalue weighted by Gasteiger charge is 2.19. The second kappa shape index (κ2) is 8.60. The highest BCUT2D eigenvalue weighted by Crippen LogP contribution is 2.22. The predicted octanol–water partition coefficient (Wildman–Crippen LogP) is 4.66. The van der Waals surface area contributed by atoms with Crippen molar-refractivity contribution >= 4 is 23.4 Å². The molecule has 0 bridgehead atoms. The number of carbonyl (C=O) groups excluding carboxylic acids is 2. The maximum absolute atomic E-state index is 12.1. The minimum absolute atomic E-state index is 0.0362. The summed E-state index contributed by atoms with van der Waals surface area (Å²) in [5.74, 6) is -0.109. The van der Waals surface area contributed by atoms with Gasteiger partial charge in [-0.25, -0.2) is 0 Å². The Kier molecular flexibility index (Phi) is 5.98. The van der Waals surface area contributed by atoms with Crippen molar-refractivity contribution in [3.63, 3.8) is 0 Å². The third-order valence-electron chi connectivity index (χ3n) is 3.84. The normalized spacial score (nSPS) is 11.8. The first-order chi connectivity index (χ1) is 13.0. The van der Waals surface area contributed by atoms with Crippen LogP contribution in [0.5, 0.6) is 0 Å². The van der Waals surface area contributed by atoms with Crippen LogP contribution in [0, 0.1) is 0 Å². The van der Waals surface area contributed by atoms with Gasteiger partial charge in [0.15, 0.2) is 11.9 Å². The highest BCUT2D eigenvalue weighted by molar-refractivity contribution is 6.30. The molecule has 7 heteroatoms. The zero-order valence-electron chi connectivity index (χ0n) is 14.6. The van der Waals surface area contributed by atoms with Crippen LogP contribution in [-0.4, -0.2) is 21.9 Å². The Morgan fingerprint density at radius 3 is 2.44 bits per heavy atom. The number of ketones is 1. The fraction of sp³-hybridized carbons (Fsp3) is 0.200. The van der Waals surface area contributed by atoms with E-state index in [4.69, 9.17) is 20.8 Å². The summed E-state index contributed by atoms with van der Waals surface area (Å²) in [6, 6.07) is 15.8. The summed E-state index contributed by atoms with van der Waals surface area (Å²) in [5, 5.41) is 8.44. The standard InChI is InChI=1S/C20H17ClN2O4/c1-13(19-22-23-20(27-19)15-5-3-2-4-6-15)26-18(25)12-11-17(24)14-7-9-16(21)10-8-14/h2-10,13H,11-12H2,1H3/t13-/m1/s1. The molecule has 0 spiro atoms. The Morgan fingerprint density at radius 2 is 1.74 bits per heavy atom. The molecule has 0 saturated heterocycles. The number of ether oxygens (including phenoxy) is 1. The second-order valence-electron chi connectivity index (χ2n) is 5.87. The number of nitrogens with zero attached hydrogens (tertiary/aromatic N) is 2. The van der Waals surface area contributed by atoms with E-state index in [0.29, 0.717) is 16.5 Å². The van der Waals surface area contributed by atoms with E-state index in [9.17, 15) is 9.59 Å². The lowest BCUT2D eigenvalue weighted by Gasteiger charge is -2.09. The lowest BCUT2D eigenvalue weighted by molar-refractivity contribution is -0.149. The summed E-state index contributed by atoms with van der Waals surface area (Å²) in [7, 11) is 0. The van der Waals surface area contributed by atoms with Gasteiger partial charge in [-0.3, -0.25) is 9.59 Å². The number of Topliss-reactive ketones (excluding diaryl/α,β-unsaturated/α-hetero) is 1. The van der Waals surface area contributed by atoms with Crippen molar-refractivity contribution in [1.82, 2.24) is 10.2 Å². The van der Waals surface area contributed by atoms with Crippen LogP contribution >= 0.6 is 11.6 Å². The molecule has 138 valence electrons. The molecule has 3 rings (SSSR count). The largest absolute Gasteiger partial charge is 0.453 e. The molecular formula is C20H17ClN2O4. The van der Waals surface area contributed by atoms with Gasteiger partial charge in [-0.1, -0.05) is 29.8 Å². The lowest BCUT2D eigenvalue weighted by Crippen LogP contribution is -2.11. The summed E-state index contributed by atoms with van der Waals surface area (Å²) in [4.78, 5) is 24.1. The summed E-state index contributed by atoms with van der Waals surface area (Å²) in [5.41, 5.74) is 1.29. The molecule has 0 aliphatic rings. The SMILES string of the molecule is C[C@@H](OC(=O)CCC(=O)c1ccc(Cl)cc1)c1nnc(-c2ccccc2)o1. The zero-order chi connectivity index (χ0) is 19.2. The van der Waals surface area contributed by atoms with Crippen molar-refractivity contribution in [3.05, 3.63) is 71.1 Å². The average Bonchev–Trinajstić information content (AvgIpc) is 3.18. The van der Waals surface area contributed by atoms with Gasteiger partial charge in [-0.05, 0) is 43.3 Å². The average molecular weight is 385 g/mol. The lowest BCUT2D eigenvalue weighted by atomic mass is 10.1. The number of benzene rings is 2. The van der Waals surface area contributed by atoms with Crippen LogP contribution in [0.2, 0.25) is 5.02 Å². The number of rotatable bonds is 7. The molecule has 0 amide bonds. The van der Waals surface area contributed by atoms with Gasteiger partial charge in [0.1, 0.15) is 0 Å². The Hall–Kier alpha value is -2.99. The van der Waals surface area contributed by atoms with Crippen LogP contribution in [0.3, 0.4) is 0 Å². The summed E-state index contributed by atoms with van der Waals surface area (Å²) >= 11 is 5.79. The Balaban J connectivity index is 1.52. The van der Waals surface area contributed by atoms with Crippen LogP contribution in [0.1, 0.15) is 42.1 Å². The predicted molar refractivity (Wildman–Crippen MR) is 99.3 cm³/mol. The van der Waals surface area contributed by atoms with Crippen molar-refractivity contribution in [2.45, 2.75) is 25.9 Å².